The van der Waals surface area contributed by atoms with Gasteiger partial charge in [-0.1, -0.05) is 6.07 Å². The number of nitrogens with two attached hydrogens (primary N) is 2. The van der Waals surface area contributed by atoms with Gasteiger partial charge in [0.15, 0.2) is 0 Å². The molecule has 0 aliphatic heterocycles. The first-order valence-corrected chi connectivity index (χ1v) is 5.12. The van der Waals surface area contributed by atoms with E-state index >= 15 is 0 Å². The number of nitrogen functional groups attached to an aromatic ring is 1. The molecule has 1 aromatic rings. The number of anilines is 1. The van der Waals surface area contributed by atoms with Crippen LogP contribution in [0.2, 0.25) is 0 Å². The number of amides is 1. The van der Waals surface area contributed by atoms with Crippen molar-refractivity contribution in [3.8, 4) is 0 Å². The molecular formula is C11H14F3N3O. The number of alkyl halides is 3. The summed E-state index contributed by atoms with van der Waals surface area (Å²) in [6.45, 7) is -0.978. The number of hydrogen-bond acceptors (Lipinski definition) is 3. The normalized spacial score (nSPS) is 11.8. The van der Waals surface area contributed by atoms with Gasteiger partial charge in [0.1, 0.15) is 0 Å². The van der Waals surface area contributed by atoms with Crippen molar-refractivity contribution in [2.45, 2.75) is 12.7 Å². The summed E-state index contributed by atoms with van der Waals surface area (Å²) in [6, 6.07) is 4.30. The van der Waals surface area contributed by atoms with Gasteiger partial charge in [-0.25, -0.2) is 0 Å². The average Bonchev–Trinajstić information content (AvgIpc) is 2.17. The second-order valence-electron chi connectivity index (χ2n) is 4.07. The van der Waals surface area contributed by atoms with Crippen LogP contribution in [0.4, 0.5) is 18.9 Å². The highest BCUT2D eigenvalue weighted by Crippen LogP contribution is 2.20. The van der Waals surface area contributed by atoms with Gasteiger partial charge in [0, 0.05) is 17.8 Å². The molecule has 0 unspecified atom stereocenters. The van der Waals surface area contributed by atoms with Crippen molar-refractivity contribution >= 4 is 11.6 Å². The minimum absolute atomic E-state index is 0.0460. The predicted molar refractivity (Wildman–Crippen MR) is 61.8 cm³/mol. The molecule has 0 atom stereocenters. The molecule has 0 aliphatic carbocycles. The molecule has 0 fully saturated rings. The monoisotopic (exact) mass is 261 g/mol. The number of nitrogens with zero attached hydrogens (tertiary/aromatic N) is 1. The highest BCUT2D eigenvalue weighted by atomic mass is 19.4. The summed E-state index contributed by atoms with van der Waals surface area (Å²) < 4.78 is 36.4. The second-order valence-corrected chi connectivity index (χ2v) is 4.07. The fourth-order valence-corrected chi connectivity index (χ4v) is 1.54. The molecule has 4 N–H and O–H groups in total. The zero-order valence-electron chi connectivity index (χ0n) is 9.79. The summed E-state index contributed by atoms with van der Waals surface area (Å²) in [6.07, 6.45) is -4.25. The molecule has 0 saturated heterocycles. The van der Waals surface area contributed by atoms with Gasteiger partial charge >= 0.3 is 6.18 Å². The van der Waals surface area contributed by atoms with Crippen LogP contribution in [0.5, 0.6) is 0 Å². The van der Waals surface area contributed by atoms with Crippen molar-refractivity contribution in [1.82, 2.24) is 4.90 Å². The Balaban J connectivity index is 2.77. The van der Waals surface area contributed by atoms with Crippen LogP contribution in [-0.4, -0.2) is 30.6 Å². The summed E-state index contributed by atoms with van der Waals surface area (Å²) in [5, 5.41) is 0. The quantitative estimate of drug-likeness (QED) is 0.804. The molecule has 0 saturated carbocycles. The molecule has 0 radical (unpaired) electrons. The van der Waals surface area contributed by atoms with Crippen LogP contribution >= 0.6 is 0 Å². The lowest BCUT2D eigenvalue weighted by Gasteiger charge is -2.19. The lowest BCUT2D eigenvalue weighted by molar-refractivity contribution is -0.144. The maximum absolute atomic E-state index is 12.1. The van der Waals surface area contributed by atoms with Gasteiger partial charge in [0.05, 0.1) is 6.54 Å². The van der Waals surface area contributed by atoms with Gasteiger partial charge in [0.25, 0.3) is 0 Å². The van der Waals surface area contributed by atoms with Gasteiger partial charge in [0.2, 0.25) is 5.91 Å². The summed E-state index contributed by atoms with van der Waals surface area (Å²) in [5.41, 5.74) is 11.7. The van der Waals surface area contributed by atoms with E-state index < -0.39 is 18.6 Å². The topological polar surface area (TPSA) is 72.3 Å². The van der Waals surface area contributed by atoms with Crippen molar-refractivity contribution in [3.63, 3.8) is 0 Å². The summed E-state index contributed by atoms with van der Waals surface area (Å²) in [4.78, 5) is 12.0. The van der Waals surface area contributed by atoms with E-state index in [0.717, 1.165) is 4.90 Å². The van der Waals surface area contributed by atoms with Crippen molar-refractivity contribution in [3.05, 3.63) is 29.3 Å². The maximum atomic E-state index is 12.1. The third-order valence-corrected chi connectivity index (χ3v) is 2.32. The summed E-state index contributed by atoms with van der Waals surface area (Å²) >= 11 is 0. The first-order chi connectivity index (χ1) is 8.19. The Bertz CT molecular complexity index is 446. The zero-order valence-corrected chi connectivity index (χ0v) is 9.79. The van der Waals surface area contributed by atoms with Gasteiger partial charge in [-0.2, -0.15) is 13.2 Å². The number of primary amides is 1. The molecule has 1 aromatic carbocycles. The van der Waals surface area contributed by atoms with E-state index in [-0.39, 0.29) is 17.8 Å². The first-order valence-electron chi connectivity index (χ1n) is 5.12. The minimum Gasteiger partial charge on any atom is -0.398 e. The maximum Gasteiger partial charge on any atom is 0.401 e. The van der Waals surface area contributed by atoms with Crippen LogP contribution in [0, 0.1) is 0 Å². The largest absolute Gasteiger partial charge is 0.401 e. The Hall–Kier alpha value is -1.76. The standard InChI is InChI=1S/C11H14F3N3O/c1-17(6-11(12,13)14)5-8-3-2-7(10(16)18)4-9(8)15/h2-4H,5-6,15H2,1H3,(H2,16,18). The fraction of sp³-hybridized carbons (Fsp3) is 0.364. The van der Waals surface area contributed by atoms with Crippen molar-refractivity contribution in [1.29, 1.82) is 0 Å². The number of carbonyl (C=O) groups excluding carboxylic acids is 1. The SMILES string of the molecule is CN(Cc1ccc(C(N)=O)cc1N)CC(F)(F)F. The Morgan fingerprint density at radius 3 is 2.44 bits per heavy atom. The smallest absolute Gasteiger partial charge is 0.398 e. The van der Waals surface area contributed by atoms with Crippen LogP contribution in [-0.2, 0) is 6.54 Å². The number of carbonyl (C=O) groups is 1. The molecule has 7 heteroatoms. The van der Waals surface area contributed by atoms with Gasteiger partial charge in [-0.05, 0) is 24.7 Å². The van der Waals surface area contributed by atoms with Crippen molar-refractivity contribution in [2.75, 3.05) is 19.3 Å². The Labute approximate surface area is 102 Å². The van der Waals surface area contributed by atoms with E-state index in [4.69, 9.17) is 11.5 Å². The van der Waals surface area contributed by atoms with Gasteiger partial charge in [-0.3, -0.25) is 9.69 Å². The van der Waals surface area contributed by atoms with Gasteiger partial charge < -0.3 is 11.5 Å². The van der Waals surface area contributed by atoms with Gasteiger partial charge in [-0.15, -0.1) is 0 Å². The number of halogens is 3. The molecule has 1 amide bonds. The molecule has 0 spiro atoms. The van der Waals surface area contributed by atoms with E-state index in [2.05, 4.69) is 0 Å². The first kappa shape index (κ1) is 14.3. The van der Waals surface area contributed by atoms with Crippen LogP contribution in [0.15, 0.2) is 18.2 Å². The highest BCUT2D eigenvalue weighted by Gasteiger charge is 2.29. The van der Waals surface area contributed by atoms with E-state index in [9.17, 15) is 18.0 Å². The third-order valence-electron chi connectivity index (χ3n) is 2.32. The zero-order chi connectivity index (χ0) is 13.9. The Morgan fingerprint density at radius 1 is 1.39 bits per heavy atom. The second kappa shape index (κ2) is 5.26. The molecule has 18 heavy (non-hydrogen) atoms. The van der Waals surface area contributed by atoms with E-state index in [1.54, 1.807) is 0 Å². The molecule has 1 rings (SSSR count). The summed E-state index contributed by atoms with van der Waals surface area (Å²) in [5.74, 6) is -0.628. The summed E-state index contributed by atoms with van der Waals surface area (Å²) in [7, 11) is 1.34. The number of benzene rings is 1. The van der Waals surface area contributed by atoms with Crippen LogP contribution in [0.3, 0.4) is 0 Å². The van der Waals surface area contributed by atoms with E-state index in [1.807, 2.05) is 0 Å². The number of hydrogen-bond donors (Lipinski definition) is 2. The molecule has 0 heterocycles. The molecular weight excluding hydrogens is 247 g/mol. The molecule has 4 nitrogen and oxygen atoms in total. The molecule has 0 aromatic heterocycles. The lowest BCUT2D eigenvalue weighted by Crippen LogP contribution is -2.30. The van der Waals surface area contributed by atoms with Crippen molar-refractivity contribution < 1.29 is 18.0 Å². The molecule has 0 bridgehead atoms. The predicted octanol–water partition coefficient (Wildman–Crippen LogP) is 1.36. The Morgan fingerprint density at radius 2 is 2.00 bits per heavy atom. The van der Waals surface area contributed by atoms with E-state index in [0.29, 0.717) is 5.56 Å². The number of rotatable bonds is 4. The molecule has 0 aliphatic rings. The average molecular weight is 261 g/mol. The molecule has 100 valence electrons. The highest BCUT2D eigenvalue weighted by molar-refractivity contribution is 5.93. The van der Waals surface area contributed by atoms with Crippen LogP contribution < -0.4 is 11.5 Å². The minimum atomic E-state index is -4.25. The lowest BCUT2D eigenvalue weighted by atomic mass is 10.1. The fourth-order valence-electron chi connectivity index (χ4n) is 1.54. The van der Waals surface area contributed by atoms with E-state index in [1.165, 1.54) is 25.2 Å². The van der Waals surface area contributed by atoms with Crippen LogP contribution in [0.25, 0.3) is 0 Å². The van der Waals surface area contributed by atoms with Crippen LogP contribution in [0.1, 0.15) is 15.9 Å². The van der Waals surface area contributed by atoms with Crippen molar-refractivity contribution in [2.24, 2.45) is 5.73 Å². The Kier molecular flexibility index (Phi) is 4.18. The third kappa shape index (κ3) is 4.25.